The lowest BCUT2D eigenvalue weighted by atomic mass is 9.85. The molecule has 1 aliphatic heterocycles. The van der Waals surface area contributed by atoms with Gasteiger partial charge in [0.1, 0.15) is 0 Å². The maximum Gasteiger partial charge on any atom is 0.407 e. The van der Waals surface area contributed by atoms with E-state index < -0.39 is 0 Å². The summed E-state index contributed by atoms with van der Waals surface area (Å²) in [4.78, 5) is 13.6. The molecule has 1 amide bonds. The van der Waals surface area contributed by atoms with Crippen LogP contribution in [0.2, 0.25) is 0 Å². The number of piperidine rings is 1. The number of amides is 1. The van der Waals surface area contributed by atoms with Gasteiger partial charge in [-0.05, 0) is 24.8 Å². The molecule has 2 unspecified atom stereocenters. The molecule has 4 nitrogen and oxygen atoms in total. The van der Waals surface area contributed by atoms with Gasteiger partial charge in [0.15, 0.2) is 0 Å². The van der Waals surface area contributed by atoms with Crippen molar-refractivity contribution in [3.05, 3.63) is 0 Å². The molecule has 0 aromatic heterocycles. The molecule has 1 aliphatic rings. The summed E-state index contributed by atoms with van der Waals surface area (Å²) in [7, 11) is 1.41. The van der Waals surface area contributed by atoms with Gasteiger partial charge < -0.3 is 15.0 Å². The van der Waals surface area contributed by atoms with Gasteiger partial charge in [0, 0.05) is 19.1 Å². The number of carbonyl (C=O) groups excluding carboxylic acids is 1. The molecule has 0 aromatic rings. The second-order valence-corrected chi connectivity index (χ2v) is 4.92. The summed E-state index contributed by atoms with van der Waals surface area (Å²) in [6.07, 6.45) is 0.744. The van der Waals surface area contributed by atoms with E-state index in [1.165, 1.54) is 7.11 Å². The van der Waals surface area contributed by atoms with Crippen LogP contribution >= 0.6 is 0 Å². The third-order valence-corrected chi connectivity index (χ3v) is 3.46. The Bertz CT molecular complexity index is 231. The maximum absolute atomic E-state index is 11.2. The molecule has 1 rings (SSSR count). The monoisotopic (exact) mass is 228 g/mol. The van der Waals surface area contributed by atoms with E-state index in [2.05, 4.69) is 35.7 Å². The van der Waals surface area contributed by atoms with Crippen LogP contribution in [0, 0.1) is 11.8 Å². The number of methoxy groups -OCH3 is 1. The van der Waals surface area contributed by atoms with Crippen LogP contribution in [0.25, 0.3) is 0 Å². The molecule has 1 N–H and O–H groups in total. The van der Waals surface area contributed by atoms with Gasteiger partial charge in [0.2, 0.25) is 0 Å². The Morgan fingerprint density at radius 3 is 2.69 bits per heavy atom. The van der Waals surface area contributed by atoms with Crippen LogP contribution < -0.4 is 5.32 Å². The van der Waals surface area contributed by atoms with Gasteiger partial charge in [-0.15, -0.1) is 0 Å². The highest BCUT2D eigenvalue weighted by molar-refractivity contribution is 5.67. The Labute approximate surface area is 98.3 Å². The molecule has 0 aliphatic carbocycles. The molecule has 0 aromatic carbocycles. The third-order valence-electron chi connectivity index (χ3n) is 3.46. The molecule has 16 heavy (non-hydrogen) atoms. The fraction of sp³-hybridized carbons (Fsp3) is 0.917. The lowest BCUT2D eigenvalue weighted by molar-refractivity contribution is 0.111. The summed E-state index contributed by atoms with van der Waals surface area (Å²) in [5, 5.41) is 2.91. The number of carbonyl (C=O) groups is 1. The zero-order chi connectivity index (χ0) is 12.1. The number of likely N-dealkylation sites (N-methyl/N-ethyl adjacent to an activating group) is 1. The number of hydrogen-bond acceptors (Lipinski definition) is 3. The SMILES string of the molecule is CCN1CC(NC(=O)OC)CC(C(C)C)C1. The van der Waals surface area contributed by atoms with Crippen molar-refractivity contribution in [2.45, 2.75) is 33.2 Å². The summed E-state index contributed by atoms with van der Waals surface area (Å²) >= 11 is 0. The molecule has 1 heterocycles. The first-order chi connectivity index (χ1) is 7.56. The fourth-order valence-electron chi connectivity index (χ4n) is 2.30. The van der Waals surface area contributed by atoms with Gasteiger partial charge in [-0.1, -0.05) is 20.8 Å². The third kappa shape index (κ3) is 3.67. The Kier molecular flexibility index (Phi) is 5.06. The molecule has 1 saturated heterocycles. The lowest BCUT2D eigenvalue weighted by Gasteiger charge is -2.39. The van der Waals surface area contributed by atoms with Crippen LogP contribution in [0.5, 0.6) is 0 Å². The van der Waals surface area contributed by atoms with Crippen molar-refractivity contribution >= 4 is 6.09 Å². The first kappa shape index (κ1) is 13.3. The number of rotatable bonds is 3. The van der Waals surface area contributed by atoms with E-state index in [4.69, 9.17) is 0 Å². The van der Waals surface area contributed by atoms with Crippen molar-refractivity contribution in [1.82, 2.24) is 10.2 Å². The predicted octanol–water partition coefficient (Wildman–Crippen LogP) is 1.71. The van der Waals surface area contributed by atoms with Gasteiger partial charge >= 0.3 is 6.09 Å². The van der Waals surface area contributed by atoms with Crippen LogP contribution in [0.1, 0.15) is 27.2 Å². The minimum absolute atomic E-state index is 0.230. The molecular formula is C12H24N2O2. The predicted molar refractivity (Wildman–Crippen MR) is 64.4 cm³/mol. The van der Waals surface area contributed by atoms with E-state index in [0.29, 0.717) is 11.8 Å². The van der Waals surface area contributed by atoms with Crippen LogP contribution in [0.3, 0.4) is 0 Å². The molecule has 4 heteroatoms. The van der Waals surface area contributed by atoms with Crippen LogP contribution in [-0.4, -0.2) is 43.8 Å². The minimum atomic E-state index is -0.314. The average molecular weight is 228 g/mol. The molecule has 0 saturated carbocycles. The Hall–Kier alpha value is -0.770. The Morgan fingerprint density at radius 1 is 1.50 bits per heavy atom. The highest BCUT2D eigenvalue weighted by Gasteiger charge is 2.29. The minimum Gasteiger partial charge on any atom is -0.453 e. The molecular weight excluding hydrogens is 204 g/mol. The van der Waals surface area contributed by atoms with E-state index >= 15 is 0 Å². The largest absolute Gasteiger partial charge is 0.453 e. The standard InChI is InChI=1S/C12H24N2O2/c1-5-14-7-10(9(2)3)6-11(8-14)13-12(15)16-4/h9-11H,5-8H2,1-4H3,(H,13,15). The summed E-state index contributed by atoms with van der Waals surface area (Å²) in [5.41, 5.74) is 0. The van der Waals surface area contributed by atoms with Gasteiger partial charge in [-0.3, -0.25) is 0 Å². The van der Waals surface area contributed by atoms with Crippen LogP contribution in [0.4, 0.5) is 4.79 Å². The zero-order valence-electron chi connectivity index (χ0n) is 10.8. The summed E-state index contributed by atoms with van der Waals surface area (Å²) < 4.78 is 4.65. The van der Waals surface area contributed by atoms with E-state index in [9.17, 15) is 4.79 Å². The summed E-state index contributed by atoms with van der Waals surface area (Å²) in [5.74, 6) is 1.33. The molecule has 0 spiro atoms. The number of nitrogens with one attached hydrogen (secondary N) is 1. The van der Waals surface area contributed by atoms with Crippen molar-refractivity contribution in [3.63, 3.8) is 0 Å². The zero-order valence-corrected chi connectivity index (χ0v) is 10.8. The second kappa shape index (κ2) is 6.09. The number of ether oxygens (including phenoxy) is 1. The number of nitrogens with zero attached hydrogens (tertiary/aromatic N) is 1. The quantitative estimate of drug-likeness (QED) is 0.799. The highest BCUT2D eigenvalue weighted by atomic mass is 16.5. The number of likely N-dealkylation sites (tertiary alicyclic amines) is 1. The lowest BCUT2D eigenvalue weighted by Crippen LogP contribution is -2.51. The summed E-state index contributed by atoms with van der Waals surface area (Å²) in [6, 6.07) is 0.230. The molecule has 1 fully saturated rings. The average Bonchev–Trinajstić information content (AvgIpc) is 2.28. The first-order valence-corrected chi connectivity index (χ1v) is 6.13. The van der Waals surface area contributed by atoms with Gasteiger partial charge in [0.25, 0.3) is 0 Å². The summed E-state index contributed by atoms with van der Waals surface area (Å²) in [6.45, 7) is 9.79. The Morgan fingerprint density at radius 2 is 2.19 bits per heavy atom. The Balaban J connectivity index is 2.53. The molecule has 0 bridgehead atoms. The van der Waals surface area contributed by atoms with Crippen LogP contribution in [-0.2, 0) is 4.74 Å². The number of alkyl carbamates (subject to hydrolysis) is 1. The van der Waals surface area contributed by atoms with E-state index in [1.807, 2.05) is 0 Å². The van der Waals surface area contributed by atoms with Gasteiger partial charge in [0.05, 0.1) is 7.11 Å². The van der Waals surface area contributed by atoms with E-state index in [-0.39, 0.29) is 12.1 Å². The van der Waals surface area contributed by atoms with Gasteiger partial charge in [-0.25, -0.2) is 4.79 Å². The fourth-order valence-corrected chi connectivity index (χ4v) is 2.30. The van der Waals surface area contributed by atoms with Crippen LogP contribution in [0.15, 0.2) is 0 Å². The van der Waals surface area contributed by atoms with E-state index in [0.717, 1.165) is 26.1 Å². The van der Waals surface area contributed by atoms with Crippen molar-refractivity contribution in [2.24, 2.45) is 11.8 Å². The van der Waals surface area contributed by atoms with Crippen molar-refractivity contribution in [2.75, 3.05) is 26.7 Å². The topological polar surface area (TPSA) is 41.6 Å². The molecule has 2 atom stereocenters. The smallest absolute Gasteiger partial charge is 0.407 e. The first-order valence-electron chi connectivity index (χ1n) is 6.13. The number of hydrogen-bond donors (Lipinski definition) is 1. The molecule has 94 valence electrons. The van der Waals surface area contributed by atoms with Crippen molar-refractivity contribution < 1.29 is 9.53 Å². The maximum atomic E-state index is 11.2. The van der Waals surface area contributed by atoms with Gasteiger partial charge in [-0.2, -0.15) is 0 Å². The second-order valence-electron chi connectivity index (χ2n) is 4.92. The van der Waals surface area contributed by atoms with Crippen molar-refractivity contribution in [3.8, 4) is 0 Å². The normalized spacial score (nSPS) is 26.8. The molecule has 0 radical (unpaired) electrons. The highest BCUT2D eigenvalue weighted by Crippen LogP contribution is 2.23. The van der Waals surface area contributed by atoms with E-state index in [1.54, 1.807) is 0 Å². The van der Waals surface area contributed by atoms with Crippen molar-refractivity contribution in [1.29, 1.82) is 0 Å².